The van der Waals surface area contributed by atoms with Crippen LogP contribution in [0.15, 0.2) is 0 Å². The first-order valence-electron chi connectivity index (χ1n) is 9.46. The minimum Gasteiger partial charge on any atom is -0.481 e. The summed E-state index contributed by atoms with van der Waals surface area (Å²) in [5, 5.41) is 34.6. The van der Waals surface area contributed by atoms with Crippen LogP contribution >= 0.6 is 0 Å². The second-order valence-corrected chi connectivity index (χ2v) is 6.67. The monoisotopic (exact) mass is 433 g/mol. The van der Waals surface area contributed by atoms with Gasteiger partial charge in [0.05, 0.1) is 12.6 Å². The molecule has 0 rings (SSSR count). The van der Waals surface area contributed by atoms with Gasteiger partial charge < -0.3 is 42.7 Å². The van der Waals surface area contributed by atoms with Gasteiger partial charge in [-0.15, -0.1) is 0 Å². The van der Waals surface area contributed by atoms with Crippen LogP contribution in [0.5, 0.6) is 0 Å². The Labute approximate surface area is 173 Å². The van der Waals surface area contributed by atoms with E-state index in [9.17, 15) is 34.2 Å². The van der Waals surface area contributed by atoms with Crippen molar-refractivity contribution < 1.29 is 39.3 Å². The van der Waals surface area contributed by atoms with E-state index in [1.54, 1.807) is 0 Å². The second-order valence-electron chi connectivity index (χ2n) is 6.67. The van der Waals surface area contributed by atoms with E-state index < -0.39 is 66.9 Å². The lowest BCUT2D eigenvalue weighted by Crippen LogP contribution is -2.58. The molecule has 4 unspecified atom stereocenters. The summed E-state index contributed by atoms with van der Waals surface area (Å²) < 4.78 is 0. The first kappa shape index (κ1) is 27.2. The van der Waals surface area contributed by atoms with E-state index >= 15 is 0 Å². The van der Waals surface area contributed by atoms with Gasteiger partial charge >= 0.3 is 11.9 Å². The predicted octanol–water partition coefficient (Wildman–Crippen LogP) is -3.14. The highest BCUT2D eigenvalue weighted by atomic mass is 16.4. The zero-order chi connectivity index (χ0) is 23.3. The van der Waals surface area contributed by atoms with Crippen LogP contribution in [0.4, 0.5) is 0 Å². The van der Waals surface area contributed by atoms with Crippen LogP contribution in [-0.4, -0.2) is 82.3 Å². The van der Waals surface area contributed by atoms with Gasteiger partial charge in [-0.1, -0.05) is 0 Å². The van der Waals surface area contributed by atoms with Crippen LogP contribution in [0, 0.1) is 0 Å². The number of nitrogens with one attached hydrogen (secondary N) is 3. The van der Waals surface area contributed by atoms with Crippen molar-refractivity contribution in [3.05, 3.63) is 0 Å². The van der Waals surface area contributed by atoms with Gasteiger partial charge in [-0.25, -0.2) is 4.79 Å². The molecule has 0 radical (unpaired) electrons. The van der Waals surface area contributed by atoms with Crippen molar-refractivity contribution in [2.24, 2.45) is 11.5 Å². The maximum Gasteiger partial charge on any atom is 0.326 e. The number of carboxylic acids is 2. The maximum atomic E-state index is 12.5. The summed E-state index contributed by atoms with van der Waals surface area (Å²) in [5.41, 5.74) is 10.5. The van der Waals surface area contributed by atoms with E-state index in [1.807, 2.05) is 0 Å². The molecule has 0 saturated heterocycles. The zero-order valence-corrected chi connectivity index (χ0v) is 16.8. The van der Waals surface area contributed by atoms with Crippen LogP contribution < -0.4 is 27.4 Å². The Balaban J connectivity index is 5.32. The summed E-state index contributed by atoms with van der Waals surface area (Å²) in [6.45, 7) is 1.14. The molecule has 0 bridgehead atoms. The highest BCUT2D eigenvalue weighted by Crippen LogP contribution is 2.05. The Kier molecular flexibility index (Phi) is 12.9. The highest BCUT2D eigenvalue weighted by Gasteiger charge is 2.31. The number of aliphatic carboxylic acids is 2. The average Bonchev–Trinajstić information content (AvgIpc) is 2.67. The van der Waals surface area contributed by atoms with E-state index in [-0.39, 0.29) is 12.8 Å². The lowest BCUT2D eigenvalue weighted by molar-refractivity contribution is -0.143. The van der Waals surface area contributed by atoms with Crippen LogP contribution in [0.1, 0.15) is 39.0 Å². The number of hydrogen-bond donors (Lipinski definition) is 8. The molecule has 0 aliphatic rings. The molecule has 13 heteroatoms. The Hall–Kier alpha value is -2.77. The summed E-state index contributed by atoms with van der Waals surface area (Å²) in [6, 6.07) is -4.10. The number of carboxylic acid groups (broad SMARTS) is 2. The number of nitrogens with two attached hydrogens (primary N) is 2. The second kappa shape index (κ2) is 14.3. The third-order valence-corrected chi connectivity index (χ3v) is 4.11. The fraction of sp³-hybridized carbons (Fsp3) is 0.706. The minimum atomic E-state index is -1.44. The van der Waals surface area contributed by atoms with E-state index in [2.05, 4.69) is 16.0 Å². The molecule has 3 amide bonds. The molecule has 10 N–H and O–H groups in total. The first-order chi connectivity index (χ1) is 14.0. The first-order valence-corrected chi connectivity index (χ1v) is 9.46. The number of hydrogen-bond acceptors (Lipinski definition) is 8. The number of amides is 3. The Bertz CT molecular complexity index is 613. The maximum absolute atomic E-state index is 12.5. The highest BCUT2D eigenvalue weighted by molar-refractivity contribution is 5.94. The van der Waals surface area contributed by atoms with E-state index in [1.165, 1.54) is 6.92 Å². The molecular formula is C17H31N5O8. The van der Waals surface area contributed by atoms with Crippen LogP contribution in [0.2, 0.25) is 0 Å². The Morgan fingerprint density at radius 2 is 1.47 bits per heavy atom. The molecule has 172 valence electrons. The predicted molar refractivity (Wildman–Crippen MR) is 104 cm³/mol. The Morgan fingerprint density at radius 3 is 1.93 bits per heavy atom. The number of aliphatic hydroxyl groups is 1. The summed E-state index contributed by atoms with van der Waals surface area (Å²) in [6.07, 6.45) is -1.07. The topological polar surface area (TPSA) is 234 Å². The average molecular weight is 433 g/mol. The van der Waals surface area contributed by atoms with Gasteiger partial charge in [-0.3, -0.25) is 19.2 Å². The van der Waals surface area contributed by atoms with Gasteiger partial charge in [0.15, 0.2) is 0 Å². The summed E-state index contributed by atoms with van der Waals surface area (Å²) >= 11 is 0. The summed E-state index contributed by atoms with van der Waals surface area (Å²) in [5.74, 6) is -5.11. The van der Waals surface area contributed by atoms with Crippen molar-refractivity contribution >= 4 is 29.7 Å². The molecule has 0 aliphatic carbocycles. The van der Waals surface area contributed by atoms with Crippen molar-refractivity contribution in [2.75, 3.05) is 13.1 Å². The SMILES string of the molecule is CC(O)C(NC(=O)CN)C(=O)NC(CCC(=O)O)C(=O)NC(CCCCN)C(=O)O. The van der Waals surface area contributed by atoms with Gasteiger partial charge in [0.1, 0.15) is 18.1 Å². The molecule has 0 aromatic carbocycles. The van der Waals surface area contributed by atoms with Crippen molar-refractivity contribution in [2.45, 2.75) is 63.3 Å². The minimum absolute atomic E-state index is 0.0979. The fourth-order valence-corrected chi connectivity index (χ4v) is 2.46. The molecule has 0 heterocycles. The number of carbonyl (C=O) groups is 5. The summed E-state index contributed by atoms with van der Waals surface area (Å²) in [4.78, 5) is 58.7. The van der Waals surface area contributed by atoms with Gasteiger partial charge in [-0.2, -0.15) is 0 Å². The molecule has 13 nitrogen and oxygen atoms in total. The molecular weight excluding hydrogens is 402 g/mol. The standard InChI is InChI=1S/C17H31N5O8/c1-9(23)14(22-12(24)8-19)16(28)20-10(5-6-13(25)26)15(27)21-11(17(29)30)4-2-3-7-18/h9-11,14,23H,2-8,18-19H2,1H3,(H,20,28)(H,21,27)(H,22,24)(H,25,26)(H,29,30). The quantitative estimate of drug-likeness (QED) is 0.121. The normalized spacial score (nSPS) is 14.7. The van der Waals surface area contributed by atoms with Gasteiger partial charge in [0, 0.05) is 6.42 Å². The molecule has 0 aliphatic heterocycles. The molecule has 0 spiro atoms. The van der Waals surface area contributed by atoms with Crippen molar-refractivity contribution in [3.63, 3.8) is 0 Å². The van der Waals surface area contributed by atoms with E-state index in [0.29, 0.717) is 19.4 Å². The largest absolute Gasteiger partial charge is 0.481 e. The molecule has 0 saturated carbocycles. The van der Waals surface area contributed by atoms with Crippen LogP contribution in [-0.2, 0) is 24.0 Å². The number of carbonyl (C=O) groups excluding carboxylic acids is 3. The van der Waals surface area contributed by atoms with Crippen molar-refractivity contribution in [3.8, 4) is 0 Å². The molecule has 0 fully saturated rings. The van der Waals surface area contributed by atoms with E-state index in [4.69, 9.17) is 16.6 Å². The number of rotatable bonds is 15. The zero-order valence-electron chi connectivity index (χ0n) is 16.8. The molecule has 0 aromatic heterocycles. The lowest BCUT2D eigenvalue weighted by atomic mass is 10.1. The Morgan fingerprint density at radius 1 is 0.867 bits per heavy atom. The van der Waals surface area contributed by atoms with Gasteiger partial charge in [-0.05, 0) is 39.2 Å². The molecule has 0 aromatic rings. The summed E-state index contributed by atoms with van der Waals surface area (Å²) in [7, 11) is 0. The molecule has 30 heavy (non-hydrogen) atoms. The van der Waals surface area contributed by atoms with Gasteiger partial charge in [0.25, 0.3) is 0 Å². The third kappa shape index (κ3) is 10.7. The van der Waals surface area contributed by atoms with Crippen LogP contribution in [0.25, 0.3) is 0 Å². The van der Waals surface area contributed by atoms with Crippen LogP contribution in [0.3, 0.4) is 0 Å². The number of aliphatic hydroxyl groups excluding tert-OH is 1. The fourth-order valence-electron chi connectivity index (χ4n) is 2.46. The lowest BCUT2D eigenvalue weighted by Gasteiger charge is -2.25. The molecule has 4 atom stereocenters. The van der Waals surface area contributed by atoms with Crippen molar-refractivity contribution in [1.29, 1.82) is 0 Å². The third-order valence-electron chi connectivity index (χ3n) is 4.11. The number of unbranched alkanes of at least 4 members (excludes halogenated alkanes) is 1. The van der Waals surface area contributed by atoms with Gasteiger partial charge in [0.2, 0.25) is 17.7 Å². The smallest absolute Gasteiger partial charge is 0.326 e. The van der Waals surface area contributed by atoms with Crippen molar-refractivity contribution in [1.82, 2.24) is 16.0 Å². The van der Waals surface area contributed by atoms with E-state index in [0.717, 1.165) is 0 Å².